The monoisotopic (exact) mass is 361 g/mol. The van der Waals surface area contributed by atoms with Crippen LogP contribution in [0.15, 0.2) is 36.5 Å². The van der Waals surface area contributed by atoms with Gasteiger partial charge in [0.2, 0.25) is 0 Å². The Kier molecular flexibility index (Phi) is 6.02. The molecule has 1 aliphatic carbocycles. The normalized spacial score (nSPS) is 26.1. The number of halogens is 1. The highest BCUT2D eigenvalue weighted by Crippen LogP contribution is 2.35. The maximum Gasteiger partial charge on any atom is 0.125 e. The number of nitrogens with one attached hydrogen (secondary N) is 1. The maximum absolute atomic E-state index is 10.4. The van der Waals surface area contributed by atoms with Crippen molar-refractivity contribution in [3.05, 3.63) is 58.6 Å². The van der Waals surface area contributed by atoms with Gasteiger partial charge >= 0.3 is 0 Å². The van der Waals surface area contributed by atoms with Gasteiger partial charge < -0.3 is 15.5 Å². The standard InChI is InChI=1S/C19H24ClN3O2/c1-12-21-7-6-14(23-12)8-15-16(11-24)19(25)9-18(15)22-10-13-4-2-3-5-17(13)20/h2-7,15-16,18-19,22,24-25H,8-11H2,1H3/t15-,16-,18-,19-/m1/s1. The van der Waals surface area contributed by atoms with E-state index in [-0.39, 0.29) is 24.5 Å². The number of aromatic nitrogens is 2. The lowest BCUT2D eigenvalue weighted by Gasteiger charge is -2.25. The van der Waals surface area contributed by atoms with Crippen LogP contribution in [0.25, 0.3) is 0 Å². The fourth-order valence-corrected chi connectivity index (χ4v) is 3.92. The van der Waals surface area contributed by atoms with E-state index in [4.69, 9.17) is 11.6 Å². The first-order chi connectivity index (χ1) is 12.1. The summed E-state index contributed by atoms with van der Waals surface area (Å²) in [5.74, 6) is 0.688. The van der Waals surface area contributed by atoms with E-state index in [1.54, 1.807) is 6.20 Å². The molecule has 0 saturated heterocycles. The minimum atomic E-state index is -0.512. The van der Waals surface area contributed by atoms with Gasteiger partial charge in [-0.1, -0.05) is 29.8 Å². The van der Waals surface area contributed by atoms with E-state index in [0.29, 0.717) is 19.4 Å². The third-order valence-electron chi connectivity index (χ3n) is 5.06. The average molecular weight is 362 g/mol. The van der Waals surface area contributed by atoms with Gasteiger partial charge in [0, 0.05) is 42.0 Å². The zero-order valence-electron chi connectivity index (χ0n) is 14.3. The molecule has 0 unspecified atom stereocenters. The van der Waals surface area contributed by atoms with Crippen molar-refractivity contribution in [1.82, 2.24) is 15.3 Å². The van der Waals surface area contributed by atoms with Crippen LogP contribution in [0.3, 0.4) is 0 Å². The SMILES string of the molecule is Cc1nccc(C[C@@H]2[C@@H](CO)[C@H](O)C[C@H]2NCc2ccccc2Cl)n1. The number of benzene rings is 1. The van der Waals surface area contributed by atoms with Gasteiger partial charge in [-0.05, 0) is 43.4 Å². The van der Waals surface area contributed by atoms with Gasteiger partial charge in [0.15, 0.2) is 0 Å². The Bertz CT molecular complexity index is 713. The fraction of sp³-hybridized carbons (Fsp3) is 0.474. The van der Waals surface area contributed by atoms with Crippen LogP contribution in [0.4, 0.5) is 0 Å². The lowest BCUT2D eigenvalue weighted by Crippen LogP contribution is -2.36. The maximum atomic E-state index is 10.4. The van der Waals surface area contributed by atoms with Gasteiger partial charge in [-0.3, -0.25) is 0 Å². The summed E-state index contributed by atoms with van der Waals surface area (Å²) in [5, 5.41) is 24.4. The van der Waals surface area contributed by atoms with E-state index in [1.807, 2.05) is 37.3 Å². The number of nitrogens with zero attached hydrogens (tertiary/aromatic N) is 2. The average Bonchev–Trinajstić information content (AvgIpc) is 2.89. The van der Waals surface area contributed by atoms with Crippen molar-refractivity contribution in [1.29, 1.82) is 0 Å². The van der Waals surface area contributed by atoms with Crippen molar-refractivity contribution in [3.8, 4) is 0 Å². The molecule has 4 atom stereocenters. The molecular formula is C19H24ClN3O2. The summed E-state index contributed by atoms with van der Waals surface area (Å²) in [7, 11) is 0. The topological polar surface area (TPSA) is 78.3 Å². The number of hydrogen-bond donors (Lipinski definition) is 3. The summed E-state index contributed by atoms with van der Waals surface area (Å²) in [6.07, 6.45) is 2.56. The number of aliphatic hydroxyl groups excluding tert-OH is 2. The summed E-state index contributed by atoms with van der Waals surface area (Å²) in [4.78, 5) is 8.61. The molecule has 1 aromatic heterocycles. The second kappa shape index (κ2) is 8.23. The third-order valence-corrected chi connectivity index (χ3v) is 5.43. The molecule has 1 aliphatic rings. The zero-order valence-corrected chi connectivity index (χ0v) is 15.0. The van der Waals surface area contributed by atoms with Gasteiger partial charge in [0.05, 0.1) is 6.10 Å². The van der Waals surface area contributed by atoms with E-state index >= 15 is 0 Å². The lowest BCUT2D eigenvalue weighted by molar-refractivity contribution is 0.0716. The highest BCUT2D eigenvalue weighted by atomic mass is 35.5. The largest absolute Gasteiger partial charge is 0.396 e. The molecule has 1 heterocycles. The molecule has 25 heavy (non-hydrogen) atoms. The summed E-state index contributed by atoms with van der Waals surface area (Å²) >= 11 is 6.23. The van der Waals surface area contributed by atoms with E-state index in [2.05, 4.69) is 15.3 Å². The molecular weight excluding hydrogens is 338 g/mol. The molecule has 5 nitrogen and oxygen atoms in total. The molecule has 134 valence electrons. The molecule has 2 aromatic rings. The molecule has 0 spiro atoms. The van der Waals surface area contributed by atoms with Gasteiger partial charge in [-0.2, -0.15) is 0 Å². The summed E-state index contributed by atoms with van der Waals surface area (Å²) in [6.45, 7) is 2.47. The molecule has 0 amide bonds. The highest BCUT2D eigenvalue weighted by molar-refractivity contribution is 6.31. The van der Waals surface area contributed by atoms with Gasteiger partial charge in [-0.15, -0.1) is 0 Å². The molecule has 3 N–H and O–H groups in total. The third kappa shape index (κ3) is 4.36. The Balaban J connectivity index is 1.73. The molecule has 3 rings (SSSR count). The number of hydrogen-bond acceptors (Lipinski definition) is 5. The minimum Gasteiger partial charge on any atom is -0.396 e. The van der Waals surface area contributed by atoms with Crippen molar-refractivity contribution < 1.29 is 10.2 Å². The van der Waals surface area contributed by atoms with Crippen LogP contribution in [0, 0.1) is 18.8 Å². The van der Waals surface area contributed by atoms with Crippen molar-refractivity contribution >= 4 is 11.6 Å². The second-order valence-electron chi connectivity index (χ2n) is 6.69. The van der Waals surface area contributed by atoms with Crippen LogP contribution in [0.2, 0.25) is 5.02 Å². The van der Waals surface area contributed by atoms with Gasteiger partial charge in [-0.25, -0.2) is 9.97 Å². The summed E-state index contributed by atoms with van der Waals surface area (Å²) < 4.78 is 0. The zero-order chi connectivity index (χ0) is 17.8. The minimum absolute atomic E-state index is 0.0276. The van der Waals surface area contributed by atoms with E-state index in [1.165, 1.54) is 0 Å². The van der Waals surface area contributed by atoms with Crippen molar-refractivity contribution in [3.63, 3.8) is 0 Å². The first kappa shape index (κ1) is 18.3. The Labute approximate surface area is 153 Å². The van der Waals surface area contributed by atoms with Crippen LogP contribution >= 0.6 is 11.6 Å². The predicted octanol–water partition coefficient (Wildman–Crippen LogP) is 2.13. The van der Waals surface area contributed by atoms with Crippen LogP contribution in [0.1, 0.15) is 23.5 Å². The first-order valence-corrected chi connectivity index (χ1v) is 9.00. The van der Waals surface area contributed by atoms with Gasteiger partial charge in [0.25, 0.3) is 0 Å². The molecule has 1 aromatic carbocycles. The van der Waals surface area contributed by atoms with Crippen molar-refractivity contribution in [2.45, 2.75) is 38.5 Å². The summed E-state index contributed by atoms with van der Waals surface area (Å²) in [6, 6.07) is 9.74. The second-order valence-corrected chi connectivity index (χ2v) is 7.10. The molecule has 1 fully saturated rings. The van der Waals surface area contributed by atoms with Crippen molar-refractivity contribution in [2.75, 3.05) is 6.61 Å². The Morgan fingerprint density at radius 1 is 1.24 bits per heavy atom. The summed E-state index contributed by atoms with van der Waals surface area (Å²) in [5.41, 5.74) is 1.97. The molecule has 1 saturated carbocycles. The molecule has 0 bridgehead atoms. The quantitative estimate of drug-likeness (QED) is 0.734. The van der Waals surface area contributed by atoms with Crippen LogP contribution < -0.4 is 5.32 Å². The van der Waals surface area contributed by atoms with Crippen molar-refractivity contribution in [2.24, 2.45) is 11.8 Å². The van der Waals surface area contributed by atoms with Crippen LogP contribution in [-0.4, -0.2) is 38.9 Å². The Morgan fingerprint density at radius 3 is 2.76 bits per heavy atom. The Morgan fingerprint density at radius 2 is 2.04 bits per heavy atom. The lowest BCUT2D eigenvalue weighted by atomic mass is 9.88. The molecule has 0 radical (unpaired) electrons. The van der Waals surface area contributed by atoms with Gasteiger partial charge in [0.1, 0.15) is 5.82 Å². The van der Waals surface area contributed by atoms with E-state index in [9.17, 15) is 10.2 Å². The fourth-order valence-electron chi connectivity index (χ4n) is 3.72. The smallest absolute Gasteiger partial charge is 0.125 e. The predicted molar refractivity (Wildman–Crippen MR) is 97.2 cm³/mol. The number of aliphatic hydroxyl groups is 2. The molecule has 6 heteroatoms. The highest BCUT2D eigenvalue weighted by Gasteiger charge is 2.42. The Hall–Kier alpha value is -1.53. The molecule has 0 aliphatic heterocycles. The first-order valence-electron chi connectivity index (χ1n) is 8.62. The number of aryl methyl sites for hydroxylation is 1. The number of rotatable bonds is 6. The van der Waals surface area contributed by atoms with E-state index < -0.39 is 6.10 Å². The van der Waals surface area contributed by atoms with Crippen LogP contribution in [-0.2, 0) is 13.0 Å². The van der Waals surface area contributed by atoms with Crippen LogP contribution in [0.5, 0.6) is 0 Å². The van der Waals surface area contributed by atoms with E-state index in [0.717, 1.165) is 22.1 Å².